The molecular weight excluding hydrogens is 629 g/mol. The summed E-state index contributed by atoms with van der Waals surface area (Å²) in [6.07, 6.45) is -0.698. The lowest BCUT2D eigenvalue weighted by Gasteiger charge is -2.34. The Balaban J connectivity index is 1.43. The van der Waals surface area contributed by atoms with E-state index in [1.807, 2.05) is 6.07 Å². The first-order valence-electron chi connectivity index (χ1n) is 13.7. The van der Waals surface area contributed by atoms with Gasteiger partial charge in [0.05, 0.1) is 29.2 Å². The number of hydrogen-bond acceptors (Lipinski definition) is 5. The van der Waals surface area contributed by atoms with Crippen molar-refractivity contribution in [3.05, 3.63) is 103 Å². The van der Waals surface area contributed by atoms with Gasteiger partial charge in [-0.25, -0.2) is 14.2 Å². The minimum atomic E-state index is -4.64. The van der Waals surface area contributed by atoms with E-state index in [0.29, 0.717) is 28.4 Å². The number of halogens is 4. The third-order valence-electron chi connectivity index (χ3n) is 7.80. The summed E-state index contributed by atoms with van der Waals surface area (Å²) in [4.78, 5) is 46.0. The molecule has 4 aromatic rings. The highest BCUT2D eigenvalue weighted by molar-refractivity contribution is 9.10. The van der Waals surface area contributed by atoms with Crippen molar-refractivity contribution in [3.63, 3.8) is 0 Å². The Morgan fingerprint density at radius 3 is 2.40 bits per heavy atom. The number of amides is 2. The largest absolute Gasteiger partial charge is 0.417 e. The second kappa shape index (κ2) is 10.8. The Bertz CT molecular complexity index is 1810. The predicted molar refractivity (Wildman–Crippen MR) is 155 cm³/mol. The van der Waals surface area contributed by atoms with E-state index in [2.05, 4.69) is 26.3 Å². The molecule has 0 spiro atoms. The number of benzene rings is 2. The van der Waals surface area contributed by atoms with Crippen LogP contribution < -0.4 is 10.9 Å². The lowest BCUT2D eigenvalue weighted by Crippen LogP contribution is -2.46. The van der Waals surface area contributed by atoms with Crippen molar-refractivity contribution in [2.75, 3.05) is 7.05 Å². The summed E-state index contributed by atoms with van der Waals surface area (Å²) in [5.41, 5.74) is 1.13. The minimum Gasteiger partial charge on any atom is -0.355 e. The van der Waals surface area contributed by atoms with Crippen LogP contribution in [-0.4, -0.2) is 49.1 Å². The second-order valence-electron chi connectivity index (χ2n) is 10.7. The van der Waals surface area contributed by atoms with Crippen molar-refractivity contribution in [2.45, 2.75) is 50.9 Å². The zero-order chi connectivity index (χ0) is 30.6. The van der Waals surface area contributed by atoms with Crippen molar-refractivity contribution in [1.82, 2.24) is 29.5 Å². The molecular formula is C30H26BrF3N6O3. The smallest absolute Gasteiger partial charge is 0.355 e. The van der Waals surface area contributed by atoms with Crippen molar-refractivity contribution in [2.24, 2.45) is 0 Å². The summed E-state index contributed by atoms with van der Waals surface area (Å²) in [6, 6.07) is 11.3. The van der Waals surface area contributed by atoms with Crippen LogP contribution in [0.15, 0.2) is 64.0 Å². The average molecular weight is 655 g/mol. The maximum absolute atomic E-state index is 14.1. The molecule has 2 amide bonds. The standard InChI is InChI=1S/C30H26BrF3N6O3/c1-16-13-21-25(15-38(16)27(42)19-7-10-23(31)22(14-19)30(32,33)34)36-29(39-12-11-24(37-39)17-3-4-17)40(28(21)43)20-8-5-18(6-9-20)26(41)35-2/h5-12,14,16-17H,3-4,13,15H2,1-2H3,(H,35,41)/t16-/m1/s1. The Morgan fingerprint density at radius 2 is 1.74 bits per heavy atom. The van der Waals surface area contributed by atoms with Gasteiger partial charge in [-0.3, -0.25) is 14.4 Å². The van der Waals surface area contributed by atoms with E-state index < -0.39 is 23.7 Å². The summed E-state index contributed by atoms with van der Waals surface area (Å²) in [5.74, 6) is -0.306. The number of fused-ring (bicyclic) bond motifs is 1. The van der Waals surface area contributed by atoms with Crippen LogP contribution in [0.3, 0.4) is 0 Å². The number of nitrogens with zero attached hydrogens (tertiary/aromatic N) is 5. The molecule has 222 valence electrons. The summed E-state index contributed by atoms with van der Waals surface area (Å²) < 4.78 is 43.4. The molecule has 9 nitrogen and oxygen atoms in total. The van der Waals surface area contributed by atoms with E-state index in [-0.39, 0.29) is 40.4 Å². The number of carbonyl (C=O) groups is 2. The third-order valence-corrected chi connectivity index (χ3v) is 8.49. The van der Waals surface area contributed by atoms with E-state index >= 15 is 0 Å². The van der Waals surface area contributed by atoms with Crippen LogP contribution in [0.5, 0.6) is 0 Å². The third kappa shape index (κ3) is 5.37. The van der Waals surface area contributed by atoms with Crippen LogP contribution in [0.1, 0.15) is 68.9 Å². The van der Waals surface area contributed by atoms with Gasteiger partial charge in [0.25, 0.3) is 17.4 Å². The molecule has 2 aliphatic rings. The molecule has 2 aromatic heterocycles. The fourth-order valence-electron chi connectivity index (χ4n) is 5.30. The molecule has 43 heavy (non-hydrogen) atoms. The molecule has 13 heteroatoms. The molecule has 0 radical (unpaired) electrons. The summed E-state index contributed by atoms with van der Waals surface area (Å²) in [6.45, 7) is 1.68. The molecule has 3 heterocycles. The summed E-state index contributed by atoms with van der Waals surface area (Å²) >= 11 is 2.92. The molecule has 2 aromatic carbocycles. The number of rotatable bonds is 5. The van der Waals surface area contributed by atoms with E-state index in [4.69, 9.17) is 4.98 Å². The Hall–Kier alpha value is -4.26. The van der Waals surface area contributed by atoms with Gasteiger partial charge in [-0.05, 0) is 74.7 Å². The van der Waals surface area contributed by atoms with Gasteiger partial charge in [0.2, 0.25) is 5.95 Å². The fraction of sp³-hybridized carbons (Fsp3) is 0.300. The second-order valence-corrected chi connectivity index (χ2v) is 11.6. The molecule has 6 rings (SSSR count). The number of nitrogens with one attached hydrogen (secondary N) is 1. The fourth-order valence-corrected chi connectivity index (χ4v) is 5.77. The van der Waals surface area contributed by atoms with E-state index in [0.717, 1.165) is 24.6 Å². The lowest BCUT2D eigenvalue weighted by molar-refractivity contribution is -0.138. The Labute approximate surface area is 252 Å². The number of hydrogen-bond donors (Lipinski definition) is 1. The first-order chi connectivity index (χ1) is 20.5. The number of carbonyl (C=O) groups excluding carboxylic acids is 2. The zero-order valence-corrected chi connectivity index (χ0v) is 24.7. The quantitative estimate of drug-likeness (QED) is 0.326. The van der Waals surface area contributed by atoms with E-state index in [1.165, 1.54) is 33.3 Å². The Kier molecular flexibility index (Phi) is 7.23. The van der Waals surface area contributed by atoms with Crippen LogP contribution in [0.25, 0.3) is 11.6 Å². The van der Waals surface area contributed by atoms with Crippen molar-refractivity contribution < 1.29 is 22.8 Å². The molecule has 0 saturated heterocycles. The zero-order valence-electron chi connectivity index (χ0n) is 23.2. The number of alkyl halides is 3. The molecule has 0 bridgehead atoms. The molecule has 1 aliphatic heterocycles. The van der Waals surface area contributed by atoms with Gasteiger partial charge < -0.3 is 10.2 Å². The van der Waals surface area contributed by atoms with E-state index in [1.54, 1.807) is 37.4 Å². The maximum atomic E-state index is 14.1. The highest BCUT2D eigenvalue weighted by Gasteiger charge is 2.36. The van der Waals surface area contributed by atoms with Crippen molar-refractivity contribution in [1.29, 1.82) is 0 Å². The molecule has 1 atom stereocenters. The SMILES string of the molecule is CNC(=O)c1ccc(-n2c(-n3ccc(C4CC4)n3)nc3c(c2=O)C[C@@H](C)N(C(=O)c2ccc(Br)c(C(F)(F)F)c2)C3)cc1. The first-order valence-corrected chi connectivity index (χ1v) is 14.5. The van der Waals surface area contributed by atoms with Crippen LogP contribution in [-0.2, 0) is 19.1 Å². The van der Waals surface area contributed by atoms with Gasteiger partial charge in [-0.2, -0.15) is 18.3 Å². The van der Waals surface area contributed by atoms with Crippen LogP contribution in [0.2, 0.25) is 0 Å². The van der Waals surface area contributed by atoms with Gasteiger partial charge in [0.1, 0.15) is 0 Å². The lowest BCUT2D eigenvalue weighted by atomic mass is 9.98. The predicted octanol–water partition coefficient (Wildman–Crippen LogP) is 5.02. The normalized spacial score (nSPS) is 16.6. The topological polar surface area (TPSA) is 102 Å². The molecule has 1 N–H and O–H groups in total. The van der Waals surface area contributed by atoms with Gasteiger partial charge in [0, 0.05) is 46.4 Å². The highest BCUT2D eigenvalue weighted by Crippen LogP contribution is 2.39. The summed E-state index contributed by atoms with van der Waals surface area (Å²) in [7, 11) is 1.53. The average Bonchev–Trinajstić information content (AvgIpc) is 3.72. The van der Waals surface area contributed by atoms with Crippen molar-refractivity contribution in [3.8, 4) is 11.6 Å². The van der Waals surface area contributed by atoms with Crippen molar-refractivity contribution >= 4 is 27.7 Å². The monoisotopic (exact) mass is 654 g/mol. The molecule has 0 unspecified atom stereocenters. The highest BCUT2D eigenvalue weighted by atomic mass is 79.9. The van der Waals surface area contributed by atoms with Gasteiger partial charge >= 0.3 is 6.18 Å². The molecule has 1 aliphatic carbocycles. The number of aromatic nitrogens is 4. The maximum Gasteiger partial charge on any atom is 0.417 e. The summed E-state index contributed by atoms with van der Waals surface area (Å²) in [5, 5.41) is 7.24. The van der Waals surface area contributed by atoms with Gasteiger partial charge in [-0.15, -0.1) is 0 Å². The van der Waals surface area contributed by atoms with Crippen LogP contribution in [0, 0.1) is 0 Å². The van der Waals surface area contributed by atoms with Crippen LogP contribution in [0.4, 0.5) is 13.2 Å². The van der Waals surface area contributed by atoms with Gasteiger partial charge in [-0.1, -0.05) is 15.9 Å². The first kappa shape index (κ1) is 28.8. The van der Waals surface area contributed by atoms with E-state index in [9.17, 15) is 27.6 Å². The Morgan fingerprint density at radius 1 is 1.05 bits per heavy atom. The molecule has 1 fully saturated rings. The minimum absolute atomic E-state index is 0.0673. The molecule has 1 saturated carbocycles. The van der Waals surface area contributed by atoms with Gasteiger partial charge in [0.15, 0.2) is 0 Å². The van der Waals surface area contributed by atoms with Crippen LogP contribution >= 0.6 is 15.9 Å².